The van der Waals surface area contributed by atoms with Gasteiger partial charge in [0.1, 0.15) is 11.5 Å². The van der Waals surface area contributed by atoms with Crippen LogP contribution in [-0.4, -0.2) is 11.9 Å². The van der Waals surface area contributed by atoms with Crippen LogP contribution >= 0.6 is 12.4 Å². The number of hydrogen-bond acceptors (Lipinski definition) is 3. The molecule has 0 aliphatic rings. The fourth-order valence-electron chi connectivity index (χ4n) is 2.12. The van der Waals surface area contributed by atoms with Crippen molar-refractivity contribution in [3.05, 3.63) is 59.7 Å². The molecule has 2 aromatic rings. The molecule has 0 spiro atoms. The third-order valence-electron chi connectivity index (χ3n) is 3.52. The number of aryl methyl sites for hydroxylation is 1. The number of halogens is 1. The van der Waals surface area contributed by atoms with E-state index in [2.05, 4.69) is 5.32 Å². The van der Waals surface area contributed by atoms with Crippen LogP contribution in [0.15, 0.2) is 48.5 Å². The lowest BCUT2D eigenvalue weighted by molar-refractivity contribution is -0.121. The molecule has 2 rings (SSSR count). The first-order valence-electron chi connectivity index (χ1n) is 7.89. The summed E-state index contributed by atoms with van der Waals surface area (Å²) in [5, 5.41) is 2.92. The predicted octanol–water partition coefficient (Wildman–Crippen LogP) is 3.95. The molecule has 0 aliphatic carbocycles. The van der Waals surface area contributed by atoms with Gasteiger partial charge in [0.15, 0.2) is 0 Å². The lowest BCUT2D eigenvalue weighted by atomic mass is 10.1. The minimum Gasteiger partial charge on any atom is -0.457 e. The third-order valence-corrected chi connectivity index (χ3v) is 3.52. The number of ether oxygens (including phenoxy) is 1. The normalized spacial score (nSPS) is 11.3. The number of rotatable bonds is 7. The summed E-state index contributed by atoms with van der Waals surface area (Å²) < 4.78 is 5.92. The molecule has 0 radical (unpaired) electrons. The van der Waals surface area contributed by atoms with Crippen LogP contribution in [0.1, 0.15) is 30.9 Å². The number of carbonyl (C=O) groups is 1. The number of carbonyl (C=O) groups excluding carboxylic acids is 1. The van der Waals surface area contributed by atoms with Crippen LogP contribution < -0.4 is 15.8 Å². The highest BCUT2D eigenvalue weighted by atomic mass is 35.5. The zero-order chi connectivity index (χ0) is 16.7. The molecule has 0 aromatic heterocycles. The lowest BCUT2D eigenvalue weighted by Gasteiger charge is -2.12. The van der Waals surface area contributed by atoms with E-state index in [0.29, 0.717) is 19.4 Å². The Morgan fingerprint density at radius 1 is 1.17 bits per heavy atom. The summed E-state index contributed by atoms with van der Waals surface area (Å²) in [4.78, 5) is 11.8. The zero-order valence-corrected chi connectivity index (χ0v) is 14.9. The van der Waals surface area contributed by atoms with E-state index < -0.39 is 0 Å². The molecule has 0 saturated carbocycles. The van der Waals surface area contributed by atoms with Crippen molar-refractivity contribution >= 4 is 18.3 Å². The molecule has 3 N–H and O–H groups in total. The second kappa shape index (κ2) is 9.96. The fourth-order valence-corrected chi connectivity index (χ4v) is 2.12. The molecule has 1 unspecified atom stereocenters. The number of para-hydroxylation sites is 1. The molecule has 2 aromatic carbocycles. The molecule has 0 aliphatic heterocycles. The SMILES string of the molecule is Cc1ccc(Oc2ccccc2CNC(=O)CCC(C)N)cc1.Cl. The van der Waals surface area contributed by atoms with Gasteiger partial charge >= 0.3 is 0 Å². The van der Waals surface area contributed by atoms with Gasteiger partial charge in [0.05, 0.1) is 0 Å². The van der Waals surface area contributed by atoms with Crippen LogP contribution in [0.4, 0.5) is 0 Å². The van der Waals surface area contributed by atoms with Crippen molar-refractivity contribution in [3.8, 4) is 11.5 Å². The molecule has 1 atom stereocenters. The molecule has 130 valence electrons. The topological polar surface area (TPSA) is 64.3 Å². The van der Waals surface area contributed by atoms with E-state index in [1.54, 1.807) is 0 Å². The van der Waals surface area contributed by atoms with Crippen molar-refractivity contribution < 1.29 is 9.53 Å². The first kappa shape index (κ1) is 20.0. The summed E-state index contributed by atoms with van der Waals surface area (Å²) in [5.74, 6) is 1.54. The van der Waals surface area contributed by atoms with Gasteiger partial charge in [-0.15, -0.1) is 12.4 Å². The van der Waals surface area contributed by atoms with Gasteiger partial charge in [-0.3, -0.25) is 4.79 Å². The Balaban J connectivity index is 0.00000288. The van der Waals surface area contributed by atoms with Crippen LogP contribution in [0.25, 0.3) is 0 Å². The maximum Gasteiger partial charge on any atom is 0.220 e. The minimum absolute atomic E-state index is 0. The average Bonchev–Trinajstić information content (AvgIpc) is 2.54. The van der Waals surface area contributed by atoms with Crippen molar-refractivity contribution in [3.63, 3.8) is 0 Å². The highest BCUT2D eigenvalue weighted by Crippen LogP contribution is 2.25. The molecule has 4 nitrogen and oxygen atoms in total. The minimum atomic E-state index is 0. The van der Waals surface area contributed by atoms with Gasteiger partial charge in [-0.1, -0.05) is 35.9 Å². The van der Waals surface area contributed by atoms with Crippen LogP contribution in [0.3, 0.4) is 0 Å². The van der Waals surface area contributed by atoms with Gasteiger partial charge in [-0.05, 0) is 38.5 Å². The monoisotopic (exact) mass is 348 g/mol. The maximum atomic E-state index is 11.8. The predicted molar refractivity (Wildman–Crippen MR) is 99.7 cm³/mol. The van der Waals surface area contributed by atoms with Crippen molar-refractivity contribution in [2.45, 2.75) is 39.3 Å². The summed E-state index contributed by atoms with van der Waals surface area (Å²) in [6.07, 6.45) is 1.13. The van der Waals surface area contributed by atoms with Crippen molar-refractivity contribution in [2.75, 3.05) is 0 Å². The summed E-state index contributed by atoms with van der Waals surface area (Å²) >= 11 is 0. The highest BCUT2D eigenvalue weighted by molar-refractivity contribution is 5.85. The summed E-state index contributed by atoms with van der Waals surface area (Å²) in [5.41, 5.74) is 7.80. The Hall–Kier alpha value is -2.04. The fraction of sp³-hybridized carbons (Fsp3) is 0.316. The second-order valence-corrected chi connectivity index (χ2v) is 5.82. The summed E-state index contributed by atoms with van der Waals surface area (Å²) in [6, 6.07) is 15.6. The smallest absolute Gasteiger partial charge is 0.220 e. The molecule has 0 heterocycles. The zero-order valence-electron chi connectivity index (χ0n) is 14.1. The van der Waals surface area contributed by atoms with E-state index in [4.69, 9.17) is 10.5 Å². The molecule has 5 heteroatoms. The van der Waals surface area contributed by atoms with Gasteiger partial charge in [0, 0.05) is 24.6 Å². The Morgan fingerprint density at radius 3 is 2.50 bits per heavy atom. The number of nitrogens with two attached hydrogens (primary N) is 1. The second-order valence-electron chi connectivity index (χ2n) is 5.82. The van der Waals surface area contributed by atoms with Gasteiger partial charge in [-0.2, -0.15) is 0 Å². The standard InChI is InChI=1S/C19H24N2O2.ClH/c1-14-7-10-17(11-8-14)23-18-6-4-3-5-16(18)13-21-19(22)12-9-15(2)20;/h3-8,10-11,15H,9,12-13,20H2,1-2H3,(H,21,22);1H. The number of benzene rings is 2. The number of nitrogens with one attached hydrogen (secondary N) is 1. The van der Waals surface area contributed by atoms with Crippen LogP contribution in [-0.2, 0) is 11.3 Å². The van der Waals surface area contributed by atoms with Crippen LogP contribution in [0.5, 0.6) is 11.5 Å². The van der Waals surface area contributed by atoms with Crippen LogP contribution in [0, 0.1) is 6.92 Å². The number of amides is 1. The maximum absolute atomic E-state index is 11.8. The Labute approximate surface area is 149 Å². The lowest BCUT2D eigenvalue weighted by Crippen LogP contribution is -2.25. The van der Waals surface area contributed by atoms with Crippen molar-refractivity contribution in [1.82, 2.24) is 5.32 Å². The molecule has 0 fully saturated rings. The molecule has 0 saturated heterocycles. The molecular formula is C19H25ClN2O2. The Kier molecular flexibility index (Phi) is 8.30. The highest BCUT2D eigenvalue weighted by Gasteiger charge is 2.07. The summed E-state index contributed by atoms with van der Waals surface area (Å²) in [6.45, 7) is 4.38. The molecule has 0 bridgehead atoms. The Bertz CT molecular complexity index is 642. The quantitative estimate of drug-likeness (QED) is 0.796. The van der Waals surface area contributed by atoms with Gasteiger partial charge in [0.2, 0.25) is 5.91 Å². The van der Waals surface area contributed by atoms with E-state index in [-0.39, 0.29) is 24.4 Å². The number of hydrogen-bond donors (Lipinski definition) is 2. The molecule has 1 amide bonds. The van der Waals surface area contributed by atoms with Crippen molar-refractivity contribution in [2.24, 2.45) is 5.73 Å². The van der Waals surface area contributed by atoms with Gasteiger partial charge in [0.25, 0.3) is 0 Å². The third kappa shape index (κ3) is 6.60. The van der Waals surface area contributed by atoms with E-state index in [9.17, 15) is 4.79 Å². The van der Waals surface area contributed by atoms with E-state index in [1.165, 1.54) is 5.56 Å². The average molecular weight is 349 g/mol. The van der Waals surface area contributed by atoms with Crippen LogP contribution in [0.2, 0.25) is 0 Å². The largest absolute Gasteiger partial charge is 0.457 e. The van der Waals surface area contributed by atoms with E-state index in [0.717, 1.165) is 17.1 Å². The Morgan fingerprint density at radius 2 is 1.83 bits per heavy atom. The van der Waals surface area contributed by atoms with E-state index >= 15 is 0 Å². The first-order chi connectivity index (χ1) is 11.0. The molecule has 24 heavy (non-hydrogen) atoms. The van der Waals surface area contributed by atoms with Crippen molar-refractivity contribution in [1.29, 1.82) is 0 Å². The van der Waals surface area contributed by atoms with Gasteiger partial charge in [-0.25, -0.2) is 0 Å². The van der Waals surface area contributed by atoms with E-state index in [1.807, 2.05) is 62.4 Å². The summed E-state index contributed by atoms with van der Waals surface area (Å²) in [7, 11) is 0. The molecular weight excluding hydrogens is 324 g/mol. The van der Waals surface area contributed by atoms with Gasteiger partial charge < -0.3 is 15.8 Å². The first-order valence-corrected chi connectivity index (χ1v) is 7.89.